The minimum atomic E-state index is -1.06. The highest BCUT2D eigenvalue weighted by molar-refractivity contribution is 5.69. The minimum Gasteiger partial charge on any atom is -0.493 e. The van der Waals surface area contributed by atoms with Crippen LogP contribution in [0, 0.1) is 5.92 Å². The van der Waals surface area contributed by atoms with Crippen molar-refractivity contribution in [2.45, 2.75) is 88.7 Å². The zero-order valence-electron chi connectivity index (χ0n) is 25.5. The molecule has 2 aromatic rings. The van der Waals surface area contributed by atoms with Crippen LogP contribution in [-0.4, -0.2) is 72.8 Å². The summed E-state index contributed by atoms with van der Waals surface area (Å²) < 4.78 is 23.3. The number of hydrogen-bond donors (Lipinski definition) is 2. The van der Waals surface area contributed by atoms with Gasteiger partial charge in [0.25, 0.3) is 0 Å². The number of fused-ring (bicyclic) bond motifs is 2. The summed E-state index contributed by atoms with van der Waals surface area (Å²) >= 11 is 0. The Morgan fingerprint density at radius 2 is 1.77 bits per heavy atom. The van der Waals surface area contributed by atoms with Crippen LogP contribution in [0.5, 0.6) is 5.75 Å². The van der Waals surface area contributed by atoms with Gasteiger partial charge >= 0.3 is 12.2 Å². The van der Waals surface area contributed by atoms with Gasteiger partial charge in [-0.2, -0.15) is 0 Å². The number of para-hydroxylation sites is 1. The van der Waals surface area contributed by atoms with Crippen LogP contribution in [0.25, 0.3) is 0 Å². The van der Waals surface area contributed by atoms with Crippen molar-refractivity contribution in [3.63, 3.8) is 0 Å². The number of carbonyl (C=O) groups is 2. The van der Waals surface area contributed by atoms with Crippen molar-refractivity contribution in [2.75, 3.05) is 26.3 Å². The van der Waals surface area contributed by atoms with Crippen LogP contribution in [0.15, 0.2) is 66.7 Å². The van der Waals surface area contributed by atoms with E-state index in [0.29, 0.717) is 37.7 Å². The van der Waals surface area contributed by atoms with Crippen LogP contribution in [-0.2, 0) is 27.2 Å². The summed E-state index contributed by atoms with van der Waals surface area (Å²) in [5.41, 5.74) is 1.75. The molecule has 2 aromatic carbocycles. The normalized spacial score (nSPS) is 25.1. The number of benzene rings is 2. The van der Waals surface area contributed by atoms with Crippen LogP contribution in [0.1, 0.15) is 62.5 Å². The first kappa shape index (κ1) is 31.9. The predicted molar refractivity (Wildman–Crippen MR) is 166 cm³/mol. The molecular formula is C35H46N2O7. The summed E-state index contributed by atoms with van der Waals surface area (Å²) in [5.74, 6) is 1.15. The van der Waals surface area contributed by atoms with E-state index >= 15 is 0 Å². The highest BCUT2D eigenvalue weighted by atomic mass is 16.6. The number of aliphatic hydroxyl groups excluding tert-OH is 1. The van der Waals surface area contributed by atoms with Crippen molar-refractivity contribution in [3.8, 4) is 5.75 Å². The second kappa shape index (κ2) is 16.5. The smallest absolute Gasteiger partial charge is 0.410 e. The monoisotopic (exact) mass is 606 g/mol. The van der Waals surface area contributed by atoms with Crippen molar-refractivity contribution in [2.24, 2.45) is 5.92 Å². The van der Waals surface area contributed by atoms with Crippen molar-refractivity contribution >= 4 is 12.2 Å². The largest absolute Gasteiger partial charge is 0.493 e. The number of alkyl carbamates (subject to hydrolysis) is 1. The molecule has 9 nitrogen and oxygen atoms in total. The summed E-state index contributed by atoms with van der Waals surface area (Å²) in [4.78, 5) is 28.0. The number of allylic oxidation sites excluding steroid dienone is 2. The molecule has 2 amide bonds. The van der Waals surface area contributed by atoms with Crippen molar-refractivity contribution < 1.29 is 33.6 Å². The number of carbonyl (C=O) groups excluding carboxylic acids is 2. The van der Waals surface area contributed by atoms with Crippen molar-refractivity contribution in [3.05, 3.63) is 77.9 Å². The first-order valence-electron chi connectivity index (χ1n) is 16.1. The standard InChI is InChI=1S/C35H46N2O7/c38-31(30(21-26-13-7-6-8-14-26)36-34(39)44-29-22-27-17-20-42-33(27)23-29)24-37-18-11-4-2-1-3-5-12-19-41-32-16-10-9-15-28(32)25-43-35(37)40/h1-2,6-10,13-16,27,29-31,33,38H,3-5,11-12,17-25H2,(H,36,39)/b2-1-/t27?,29-,30+,31-,33-/m1/s1. The molecule has 2 N–H and O–H groups in total. The average Bonchev–Trinajstić information content (AvgIpc) is 3.62. The Morgan fingerprint density at radius 1 is 0.977 bits per heavy atom. The molecule has 0 bridgehead atoms. The first-order valence-corrected chi connectivity index (χ1v) is 16.1. The molecule has 0 aromatic heterocycles. The first-order chi connectivity index (χ1) is 21.5. The lowest BCUT2D eigenvalue weighted by atomic mass is 10.0. The quantitative estimate of drug-likeness (QED) is 0.384. The molecule has 3 aliphatic rings. The van der Waals surface area contributed by atoms with E-state index in [-0.39, 0.29) is 25.4 Å². The second-order valence-electron chi connectivity index (χ2n) is 12.0. The van der Waals surface area contributed by atoms with Crippen molar-refractivity contribution in [1.29, 1.82) is 0 Å². The van der Waals surface area contributed by atoms with E-state index in [2.05, 4.69) is 17.5 Å². The summed E-state index contributed by atoms with van der Waals surface area (Å²) in [6.07, 6.45) is 9.52. The Bertz CT molecular complexity index is 1210. The summed E-state index contributed by atoms with van der Waals surface area (Å²) in [7, 11) is 0. The van der Waals surface area contributed by atoms with E-state index in [1.54, 1.807) is 0 Å². The van der Waals surface area contributed by atoms with E-state index in [0.717, 1.165) is 62.7 Å². The molecular weight excluding hydrogens is 560 g/mol. The lowest BCUT2D eigenvalue weighted by Crippen LogP contribution is -2.51. The van der Waals surface area contributed by atoms with Gasteiger partial charge in [0.1, 0.15) is 18.5 Å². The Labute approximate surface area is 260 Å². The number of aliphatic hydroxyl groups is 1. The Kier molecular flexibility index (Phi) is 11.9. The molecule has 2 fully saturated rings. The fourth-order valence-corrected chi connectivity index (χ4v) is 6.29. The zero-order valence-corrected chi connectivity index (χ0v) is 25.5. The number of cyclic esters (lactones) is 1. The molecule has 5 rings (SSSR count). The molecule has 0 spiro atoms. The van der Waals surface area contributed by atoms with Crippen LogP contribution < -0.4 is 10.1 Å². The lowest BCUT2D eigenvalue weighted by Gasteiger charge is -2.30. The third kappa shape index (κ3) is 9.47. The van der Waals surface area contributed by atoms with E-state index < -0.39 is 24.3 Å². The molecule has 5 atom stereocenters. The molecule has 2 heterocycles. The van der Waals surface area contributed by atoms with Gasteiger partial charge in [0.15, 0.2) is 0 Å². The van der Waals surface area contributed by atoms with Gasteiger partial charge in [-0.15, -0.1) is 0 Å². The number of nitrogens with zero attached hydrogens (tertiary/aromatic N) is 1. The minimum absolute atomic E-state index is 0.000108. The fraction of sp³-hybridized carbons (Fsp3) is 0.543. The summed E-state index contributed by atoms with van der Waals surface area (Å²) in [6, 6.07) is 16.6. The maximum Gasteiger partial charge on any atom is 0.410 e. The van der Waals surface area contributed by atoms with Gasteiger partial charge in [-0.25, -0.2) is 9.59 Å². The third-order valence-corrected chi connectivity index (χ3v) is 8.72. The maximum atomic E-state index is 13.4. The molecule has 1 saturated carbocycles. The number of hydrogen-bond acceptors (Lipinski definition) is 7. The third-order valence-electron chi connectivity index (χ3n) is 8.72. The predicted octanol–water partition coefficient (Wildman–Crippen LogP) is 5.79. The number of ether oxygens (including phenoxy) is 4. The second-order valence-corrected chi connectivity index (χ2v) is 12.0. The molecule has 238 valence electrons. The molecule has 1 saturated heterocycles. The SMILES string of the molecule is O=C(N[C@@H](Cc1ccccc1)[C@H](O)CN1CCC/C=C\CCCCOc2ccccc2COC1=O)O[C@@H]1CC2CCO[C@@H]2C1. The van der Waals surface area contributed by atoms with Crippen LogP contribution in [0.4, 0.5) is 9.59 Å². The molecule has 1 unspecified atom stereocenters. The van der Waals surface area contributed by atoms with Gasteiger partial charge < -0.3 is 34.3 Å². The Morgan fingerprint density at radius 3 is 2.61 bits per heavy atom. The Hall–Kier alpha value is -3.56. The van der Waals surface area contributed by atoms with Gasteiger partial charge in [0.2, 0.25) is 0 Å². The topological polar surface area (TPSA) is 107 Å². The Balaban J connectivity index is 1.25. The number of β-amino-alcohol motifs (C(OH)–C–C–N with tert-alkyl or cyclic N) is 1. The average molecular weight is 607 g/mol. The van der Waals surface area contributed by atoms with Gasteiger partial charge in [-0.1, -0.05) is 60.7 Å². The molecule has 9 heteroatoms. The molecule has 0 radical (unpaired) electrons. The van der Waals surface area contributed by atoms with Gasteiger partial charge in [-0.3, -0.25) is 0 Å². The summed E-state index contributed by atoms with van der Waals surface area (Å²) in [6.45, 7) is 1.85. The van der Waals surface area contributed by atoms with Gasteiger partial charge in [0, 0.05) is 25.1 Å². The summed E-state index contributed by atoms with van der Waals surface area (Å²) in [5, 5.41) is 14.4. The zero-order chi connectivity index (χ0) is 30.6. The molecule has 44 heavy (non-hydrogen) atoms. The maximum absolute atomic E-state index is 13.4. The number of rotatable bonds is 7. The van der Waals surface area contributed by atoms with Crippen LogP contribution in [0.2, 0.25) is 0 Å². The van der Waals surface area contributed by atoms with E-state index in [4.69, 9.17) is 18.9 Å². The number of amides is 2. The highest BCUT2D eigenvalue weighted by Crippen LogP contribution is 2.37. The van der Waals surface area contributed by atoms with E-state index in [9.17, 15) is 14.7 Å². The van der Waals surface area contributed by atoms with Crippen molar-refractivity contribution in [1.82, 2.24) is 10.2 Å². The van der Waals surface area contributed by atoms with Crippen LogP contribution >= 0.6 is 0 Å². The fourth-order valence-electron chi connectivity index (χ4n) is 6.29. The van der Waals surface area contributed by atoms with E-state index in [1.165, 1.54) is 4.90 Å². The van der Waals surface area contributed by atoms with Gasteiger partial charge in [-0.05, 0) is 68.9 Å². The van der Waals surface area contributed by atoms with E-state index in [1.807, 2.05) is 54.6 Å². The van der Waals surface area contributed by atoms with Gasteiger partial charge in [0.05, 0.1) is 31.4 Å². The molecule has 1 aliphatic carbocycles. The lowest BCUT2D eigenvalue weighted by molar-refractivity contribution is 0.0441. The highest BCUT2D eigenvalue weighted by Gasteiger charge is 2.40. The van der Waals surface area contributed by atoms with Crippen LogP contribution in [0.3, 0.4) is 0 Å². The molecule has 2 aliphatic heterocycles. The number of nitrogens with one attached hydrogen (secondary N) is 1.